The lowest BCUT2D eigenvalue weighted by Gasteiger charge is -2.13. The number of benzene rings is 1. The van der Waals surface area contributed by atoms with Crippen LogP contribution in [0.1, 0.15) is 26.3 Å². The SMILES string of the molecule is CC(=O)Nc1ccc(NC(=O)C[C@H](C)n2ccnc2)cc1. The molecule has 0 aliphatic carbocycles. The Morgan fingerprint density at radius 1 is 1.19 bits per heavy atom. The van der Waals surface area contributed by atoms with E-state index in [1.54, 1.807) is 36.8 Å². The third-order valence-electron chi connectivity index (χ3n) is 3.00. The van der Waals surface area contributed by atoms with Gasteiger partial charge in [0.1, 0.15) is 0 Å². The Morgan fingerprint density at radius 2 is 1.81 bits per heavy atom. The maximum absolute atomic E-state index is 12.0. The zero-order valence-electron chi connectivity index (χ0n) is 12.0. The second-order valence-corrected chi connectivity index (χ2v) is 4.87. The van der Waals surface area contributed by atoms with Gasteiger partial charge in [-0.15, -0.1) is 0 Å². The van der Waals surface area contributed by atoms with E-state index in [-0.39, 0.29) is 17.9 Å². The highest BCUT2D eigenvalue weighted by Crippen LogP contribution is 2.15. The number of hydrogen-bond donors (Lipinski definition) is 2. The molecule has 1 aromatic carbocycles. The Bertz CT molecular complexity index is 605. The van der Waals surface area contributed by atoms with Gasteiger partial charge in [-0.2, -0.15) is 0 Å². The number of nitrogens with one attached hydrogen (secondary N) is 2. The van der Waals surface area contributed by atoms with Crippen molar-refractivity contribution in [3.8, 4) is 0 Å². The molecule has 0 bridgehead atoms. The number of hydrogen-bond acceptors (Lipinski definition) is 3. The number of aromatic nitrogens is 2. The summed E-state index contributed by atoms with van der Waals surface area (Å²) in [6.45, 7) is 3.41. The van der Waals surface area contributed by atoms with E-state index in [1.807, 2.05) is 17.7 Å². The Balaban J connectivity index is 1.89. The van der Waals surface area contributed by atoms with Crippen LogP contribution in [-0.2, 0) is 9.59 Å². The van der Waals surface area contributed by atoms with Crippen LogP contribution in [0.4, 0.5) is 11.4 Å². The zero-order valence-corrected chi connectivity index (χ0v) is 12.0. The van der Waals surface area contributed by atoms with Crippen molar-refractivity contribution in [2.24, 2.45) is 0 Å². The summed E-state index contributed by atoms with van der Waals surface area (Å²) >= 11 is 0. The topological polar surface area (TPSA) is 76.0 Å². The van der Waals surface area contributed by atoms with Gasteiger partial charge in [-0.05, 0) is 31.2 Å². The fraction of sp³-hybridized carbons (Fsp3) is 0.267. The van der Waals surface area contributed by atoms with Crippen LogP contribution in [0, 0.1) is 0 Å². The number of imidazole rings is 1. The van der Waals surface area contributed by atoms with Gasteiger partial charge in [0.05, 0.1) is 6.33 Å². The van der Waals surface area contributed by atoms with Crippen LogP contribution in [0.15, 0.2) is 43.0 Å². The predicted octanol–water partition coefficient (Wildman–Crippen LogP) is 2.43. The van der Waals surface area contributed by atoms with Crippen LogP contribution in [0.25, 0.3) is 0 Å². The van der Waals surface area contributed by atoms with Crippen LogP contribution < -0.4 is 10.6 Å². The minimum absolute atomic E-state index is 0.0474. The van der Waals surface area contributed by atoms with Gasteiger partial charge in [0.2, 0.25) is 11.8 Å². The molecule has 6 heteroatoms. The molecule has 0 saturated heterocycles. The summed E-state index contributed by atoms with van der Waals surface area (Å²) in [5.74, 6) is -0.190. The first-order chi connectivity index (χ1) is 10.0. The molecule has 1 atom stereocenters. The van der Waals surface area contributed by atoms with Crippen LogP contribution >= 0.6 is 0 Å². The highest BCUT2D eigenvalue weighted by atomic mass is 16.2. The number of carbonyl (C=O) groups excluding carboxylic acids is 2. The van der Waals surface area contributed by atoms with Crippen LogP contribution in [0.5, 0.6) is 0 Å². The van der Waals surface area contributed by atoms with E-state index in [1.165, 1.54) is 6.92 Å². The molecule has 0 saturated carbocycles. The molecule has 1 aromatic heterocycles. The number of amides is 2. The van der Waals surface area contributed by atoms with Gasteiger partial charge < -0.3 is 15.2 Å². The van der Waals surface area contributed by atoms with Crippen molar-refractivity contribution in [1.82, 2.24) is 9.55 Å². The number of nitrogens with zero attached hydrogens (tertiary/aromatic N) is 2. The average Bonchev–Trinajstić information content (AvgIpc) is 2.94. The molecule has 2 aromatic rings. The van der Waals surface area contributed by atoms with Crippen molar-refractivity contribution >= 4 is 23.2 Å². The molecule has 6 nitrogen and oxygen atoms in total. The highest BCUT2D eigenvalue weighted by Gasteiger charge is 2.10. The molecule has 0 aliphatic rings. The number of anilines is 2. The van der Waals surface area contributed by atoms with Gasteiger partial charge in [0.25, 0.3) is 0 Å². The van der Waals surface area contributed by atoms with Gasteiger partial charge in [0, 0.05) is 43.2 Å². The molecule has 0 fully saturated rings. The van der Waals surface area contributed by atoms with E-state index in [2.05, 4.69) is 15.6 Å². The number of rotatable bonds is 5. The molecule has 2 rings (SSSR count). The molecule has 110 valence electrons. The molecule has 2 amide bonds. The molecule has 0 aliphatic heterocycles. The fourth-order valence-corrected chi connectivity index (χ4v) is 1.96. The minimum atomic E-state index is -0.124. The first-order valence-electron chi connectivity index (χ1n) is 6.69. The van der Waals surface area contributed by atoms with Crippen molar-refractivity contribution in [2.75, 3.05) is 10.6 Å². The average molecular weight is 286 g/mol. The lowest BCUT2D eigenvalue weighted by molar-refractivity contribution is -0.117. The van der Waals surface area contributed by atoms with Crippen LogP contribution in [0.2, 0.25) is 0 Å². The Kier molecular flexibility index (Phi) is 4.71. The summed E-state index contributed by atoms with van der Waals surface area (Å²) < 4.78 is 1.89. The first kappa shape index (κ1) is 14.8. The first-order valence-corrected chi connectivity index (χ1v) is 6.69. The van der Waals surface area contributed by atoms with Gasteiger partial charge in [0.15, 0.2) is 0 Å². The minimum Gasteiger partial charge on any atom is -0.334 e. The molecule has 0 radical (unpaired) electrons. The lowest BCUT2D eigenvalue weighted by Crippen LogP contribution is -2.17. The van der Waals surface area contributed by atoms with E-state index < -0.39 is 0 Å². The molecule has 1 heterocycles. The normalized spacial score (nSPS) is 11.7. The summed E-state index contributed by atoms with van der Waals surface area (Å²) in [4.78, 5) is 26.9. The monoisotopic (exact) mass is 286 g/mol. The van der Waals surface area contributed by atoms with Crippen LogP contribution in [-0.4, -0.2) is 21.4 Å². The third kappa shape index (κ3) is 4.45. The van der Waals surface area contributed by atoms with E-state index >= 15 is 0 Å². The number of carbonyl (C=O) groups is 2. The fourth-order valence-electron chi connectivity index (χ4n) is 1.96. The molecule has 0 unspecified atom stereocenters. The van der Waals surface area contributed by atoms with Gasteiger partial charge in [-0.25, -0.2) is 4.98 Å². The summed E-state index contributed by atoms with van der Waals surface area (Å²) in [7, 11) is 0. The van der Waals surface area contributed by atoms with Crippen molar-refractivity contribution < 1.29 is 9.59 Å². The van der Waals surface area contributed by atoms with E-state index in [0.29, 0.717) is 17.8 Å². The molecule has 0 spiro atoms. The quantitative estimate of drug-likeness (QED) is 0.886. The lowest BCUT2D eigenvalue weighted by atomic mass is 10.2. The second-order valence-electron chi connectivity index (χ2n) is 4.87. The van der Waals surface area contributed by atoms with Crippen molar-refractivity contribution in [3.63, 3.8) is 0 Å². The van der Waals surface area contributed by atoms with E-state index in [9.17, 15) is 9.59 Å². The third-order valence-corrected chi connectivity index (χ3v) is 3.00. The van der Waals surface area contributed by atoms with Crippen molar-refractivity contribution in [1.29, 1.82) is 0 Å². The Hall–Kier alpha value is -2.63. The van der Waals surface area contributed by atoms with Crippen LogP contribution in [0.3, 0.4) is 0 Å². The van der Waals surface area contributed by atoms with Crippen molar-refractivity contribution in [2.45, 2.75) is 26.3 Å². The molecular formula is C15H18N4O2. The highest BCUT2D eigenvalue weighted by molar-refractivity contribution is 5.92. The maximum Gasteiger partial charge on any atom is 0.226 e. The molecule has 2 N–H and O–H groups in total. The Morgan fingerprint density at radius 3 is 2.33 bits per heavy atom. The molecule has 21 heavy (non-hydrogen) atoms. The van der Waals surface area contributed by atoms with E-state index in [4.69, 9.17) is 0 Å². The summed E-state index contributed by atoms with van der Waals surface area (Å²) in [5.41, 5.74) is 1.40. The largest absolute Gasteiger partial charge is 0.334 e. The standard InChI is InChI=1S/C15H18N4O2/c1-11(19-8-7-16-10-19)9-15(21)18-14-5-3-13(4-6-14)17-12(2)20/h3-8,10-11H,9H2,1-2H3,(H,17,20)(H,18,21)/t11-/m0/s1. The summed E-state index contributed by atoms with van der Waals surface area (Å²) in [5, 5.41) is 5.50. The molecular weight excluding hydrogens is 268 g/mol. The summed E-state index contributed by atoms with van der Waals surface area (Å²) in [6.07, 6.45) is 5.58. The van der Waals surface area contributed by atoms with E-state index in [0.717, 1.165) is 0 Å². The second kappa shape index (κ2) is 6.69. The summed E-state index contributed by atoms with van der Waals surface area (Å²) in [6, 6.07) is 7.05. The maximum atomic E-state index is 12.0. The van der Waals surface area contributed by atoms with Gasteiger partial charge >= 0.3 is 0 Å². The van der Waals surface area contributed by atoms with Gasteiger partial charge in [-0.1, -0.05) is 0 Å². The Labute approximate surface area is 123 Å². The van der Waals surface area contributed by atoms with Gasteiger partial charge in [-0.3, -0.25) is 9.59 Å². The van der Waals surface area contributed by atoms with Crippen molar-refractivity contribution in [3.05, 3.63) is 43.0 Å². The predicted molar refractivity (Wildman–Crippen MR) is 80.9 cm³/mol. The smallest absolute Gasteiger partial charge is 0.226 e. The zero-order chi connectivity index (χ0) is 15.2.